The largest absolute Gasteiger partial charge is 0.494 e. The maximum Gasteiger partial charge on any atom is 0.121 e. The minimum atomic E-state index is 0.422. The molecule has 0 unspecified atom stereocenters. The van der Waals surface area contributed by atoms with E-state index in [-0.39, 0.29) is 0 Å². The fourth-order valence-corrected chi connectivity index (χ4v) is 1.70. The molecule has 0 bridgehead atoms. The number of nitroso groups, excluding NO2 is 1. The van der Waals surface area contributed by atoms with Crippen molar-refractivity contribution in [2.45, 2.75) is 45.4 Å². The Bertz CT molecular complexity index is 326. The Morgan fingerprint density at radius 3 is 2.65 bits per heavy atom. The summed E-state index contributed by atoms with van der Waals surface area (Å²) in [6.07, 6.45) is 7.50. The highest BCUT2D eigenvalue weighted by molar-refractivity contribution is 5.42. The van der Waals surface area contributed by atoms with E-state index in [0.29, 0.717) is 12.3 Å². The molecule has 0 atom stereocenters. The third kappa shape index (κ3) is 6.05. The minimum absolute atomic E-state index is 0.422. The van der Waals surface area contributed by atoms with Crippen molar-refractivity contribution in [1.29, 1.82) is 0 Å². The predicted molar refractivity (Wildman–Crippen MR) is 70.8 cm³/mol. The predicted octanol–water partition coefficient (Wildman–Crippen LogP) is 4.82. The average Bonchev–Trinajstić information content (AvgIpc) is 2.38. The number of benzene rings is 1. The van der Waals surface area contributed by atoms with E-state index in [1.54, 1.807) is 18.2 Å². The van der Waals surface area contributed by atoms with Crippen LogP contribution < -0.4 is 4.74 Å². The van der Waals surface area contributed by atoms with Gasteiger partial charge in [-0.1, -0.05) is 45.1 Å². The first-order valence-corrected chi connectivity index (χ1v) is 6.43. The second-order valence-electron chi connectivity index (χ2n) is 4.20. The summed E-state index contributed by atoms with van der Waals surface area (Å²) in [7, 11) is 0. The van der Waals surface area contributed by atoms with E-state index >= 15 is 0 Å². The Hall–Kier alpha value is -1.38. The Morgan fingerprint density at radius 1 is 1.12 bits per heavy atom. The highest BCUT2D eigenvalue weighted by Crippen LogP contribution is 2.19. The van der Waals surface area contributed by atoms with Gasteiger partial charge >= 0.3 is 0 Å². The van der Waals surface area contributed by atoms with Crippen LogP contribution in [0.3, 0.4) is 0 Å². The molecular formula is C14H21NO2. The minimum Gasteiger partial charge on any atom is -0.494 e. The fraction of sp³-hybridized carbons (Fsp3) is 0.571. The van der Waals surface area contributed by atoms with Gasteiger partial charge in [-0.25, -0.2) is 0 Å². The highest BCUT2D eigenvalue weighted by Gasteiger charge is 1.96. The lowest BCUT2D eigenvalue weighted by molar-refractivity contribution is 0.304. The molecule has 0 aliphatic heterocycles. The second kappa shape index (κ2) is 8.74. The van der Waals surface area contributed by atoms with E-state index in [1.165, 1.54) is 32.1 Å². The highest BCUT2D eigenvalue weighted by atomic mass is 16.5. The van der Waals surface area contributed by atoms with Crippen LogP contribution in [-0.4, -0.2) is 6.61 Å². The topological polar surface area (TPSA) is 38.7 Å². The SMILES string of the molecule is CCCCCCCCOc1cccc(N=O)c1. The van der Waals surface area contributed by atoms with Crippen LogP contribution in [0.1, 0.15) is 45.4 Å². The number of nitrogens with zero attached hydrogens (tertiary/aromatic N) is 1. The van der Waals surface area contributed by atoms with Crippen molar-refractivity contribution in [2.24, 2.45) is 5.18 Å². The molecular weight excluding hydrogens is 214 g/mol. The first-order valence-electron chi connectivity index (χ1n) is 6.43. The summed E-state index contributed by atoms with van der Waals surface area (Å²) in [5.41, 5.74) is 0.422. The van der Waals surface area contributed by atoms with Gasteiger partial charge in [0.1, 0.15) is 11.4 Å². The summed E-state index contributed by atoms with van der Waals surface area (Å²) in [5, 5.41) is 2.88. The second-order valence-corrected chi connectivity index (χ2v) is 4.20. The van der Waals surface area contributed by atoms with Crippen molar-refractivity contribution in [1.82, 2.24) is 0 Å². The van der Waals surface area contributed by atoms with E-state index in [2.05, 4.69) is 12.1 Å². The molecule has 3 nitrogen and oxygen atoms in total. The van der Waals surface area contributed by atoms with Crippen LogP contribution in [0.4, 0.5) is 5.69 Å². The molecule has 0 saturated carbocycles. The van der Waals surface area contributed by atoms with E-state index < -0.39 is 0 Å². The smallest absolute Gasteiger partial charge is 0.121 e. The Balaban J connectivity index is 2.11. The first kappa shape index (κ1) is 13.7. The lowest BCUT2D eigenvalue weighted by Gasteiger charge is -2.05. The number of ether oxygens (including phenoxy) is 1. The summed E-state index contributed by atoms with van der Waals surface area (Å²) in [4.78, 5) is 10.3. The molecule has 17 heavy (non-hydrogen) atoms. The zero-order valence-electron chi connectivity index (χ0n) is 10.5. The van der Waals surface area contributed by atoms with Crippen LogP contribution >= 0.6 is 0 Å². The first-order chi connectivity index (χ1) is 8.36. The third-order valence-electron chi connectivity index (χ3n) is 2.69. The van der Waals surface area contributed by atoms with Crippen molar-refractivity contribution in [3.05, 3.63) is 29.2 Å². The van der Waals surface area contributed by atoms with E-state index in [1.807, 2.05) is 6.07 Å². The summed E-state index contributed by atoms with van der Waals surface area (Å²) < 4.78 is 5.56. The average molecular weight is 235 g/mol. The molecule has 94 valence electrons. The molecule has 0 heterocycles. The Labute approximate surface area is 103 Å². The molecule has 0 saturated heterocycles. The third-order valence-corrected chi connectivity index (χ3v) is 2.69. The summed E-state index contributed by atoms with van der Waals surface area (Å²) in [5.74, 6) is 0.732. The van der Waals surface area contributed by atoms with Crippen LogP contribution in [0.25, 0.3) is 0 Å². The standard InChI is InChI=1S/C14H21NO2/c1-2-3-4-5-6-7-11-17-14-10-8-9-13(12-14)15-16/h8-10,12H,2-7,11H2,1H3. The summed E-state index contributed by atoms with van der Waals surface area (Å²) >= 11 is 0. The van der Waals surface area contributed by atoms with Crippen molar-refractivity contribution < 1.29 is 4.74 Å². The molecule has 3 heteroatoms. The maximum atomic E-state index is 10.3. The van der Waals surface area contributed by atoms with Gasteiger partial charge in [-0.3, -0.25) is 0 Å². The normalized spacial score (nSPS) is 10.2. The van der Waals surface area contributed by atoms with Gasteiger partial charge in [0.15, 0.2) is 0 Å². The molecule has 1 aromatic carbocycles. The monoisotopic (exact) mass is 235 g/mol. The van der Waals surface area contributed by atoms with Crippen LogP contribution in [0.2, 0.25) is 0 Å². The molecule has 0 spiro atoms. The van der Waals surface area contributed by atoms with Gasteiger partial charge in [0.2, 0.25) is 0 Å². The van der Waals surface area contributed by atoms with Crippen LogP contribution in [0.5, 0.6) is 5.75 Å². The number of unbranched alkanes of at least 4 members (excludes halogenated alkanes) is 5. The molecule has 0 amide bonds. The van der Waals surface area contributed by atoms with Gasteiger partial charge in [0, 0.05) is 6.07 Å². The lowest BCUT2D eigenvalue weighted by Crippen LogP contribution is -1.96. The van der Waals surface area contributed by atoms with Crippen molar-refractivity contribution in [2.75, 3.05) is 6.61 Å². The van der Waals surface area contributed by atoms with E-state index in [4.69, 9.17) is 4.74 Å². The molecule has 0 aliphatic rings. The van der Waals surface area contributed by atoms with Crippen molar-refractivity contribution in [3.63, 3.8) is 0 Å². The van der Waals surface area contributed by atoms with Gasteiger partial charge < -0.3 is 4.74 Å². The van der Waals surface area contributed by atoms with Gasteiger partial charge in [0.25, 0.3) is 0 Å². The number of hydrogen-bond acceptors (Lipinski definition) is 3. The fourth-order valence-electron chi connectivity index (χ4n) is 1.70. The number of rotatable bonds is 9. The van der Waals surface area contributed by atoms with Crippen molar-refractivity contribution >= 4 is 5.69 Å². The van der Waals surface area contributed by atoms with Crippen LogP contribution in [-0.2, 0) is 0 Å². The Morgan fingerprint density at radius 2 is 1.88 bits per heavy atom. The van der Waals surface area contributed by atoms with Gasteiger partial charge in [0.05, 0.1) is 6.61 Å². The molecule has 0 aromatic heterocycles. The van der Waals surface area contributed by atoms with Crippen molar-refractivity contribution in [3.8, 4) is 5.75 Å². The zero-order valence-corrected chi connectivity index (χ0v) is 10.5. The molecule has 0 radical (unpaired) electrons. The van der Waals surface area contributed by atoms with E-state index in [9.17, 15) is 4.91 Å². The van der Waals surface area contributed by atoms with Crippen LogP contribution in [0.15, 0.2) is 29.4 Å². The van der Waals surface area contributed by atoms with E-state index in [0.717, 1.165) is 12.2 Å². The molecule has 0 fully saturated rings. The van der Waals surface area contributed by atoms with Gasteiger partial charge in [-0.05, 0) is 23.7 Å². The molecule has 0 N–H and O–H groups in total. The summed E-state index contributed by atoms with van der Waals surface area (Å²) in [6, 6.07) is 6.98. The Kier molecular flexibility index (Phi) is 7.03. The zero-order chi connectivity index (χ0) is 12.3. The number of hydrogen-bond donors (Lipinski definition) is 0. The van der Waals surface area contributed by atoms with Gasteiger partial charge in [-0.15, -0.1) is 4.91 Å². The van der Waals surface area contributed by atoms with Gasteiger partial charge in [-0.2, -0.15) is 0 Å². The quantitative estimate of drug-likeness (QED) is 0.454. The molecule has 1 aromatic rings. The molecule has 0 aliphatic carbocycles. The lowest BCUT2D eigenvalue weighted by atomic mass is 10.1. The molecule has 1 rings (SSSR count). The summed E-state index contributed by atoms with van der Waals surface area (Å²) in [6.45, 7) is 2.94. The van der Waals surface area contributed by atoms with Crippen LogP contribution in [0, 0.1) is 4.91 Å². The maximum absolute atomic E-state index is 10.3.